The number of pyridine rings is 1. The monoisotopic (exact) mass is 420 g/mol. The van der Waals surface area contributed by atoms with Crippen LogP contribution in [0.2, 0.25) is 0 Å². The lowest BCUT2D eigenvalue weighted by molar-refractivity contribution is -0.126. The van der Waals surface area contributed by atoms with Crippen LogP contribution in [0.25, 0.3) is 5.65 Å². The topological polar surface area (TPSA) is 117 Å². The fourth-order valence-electron chi connectivity index (χ4n) is 3.69. The summed E-state index contributed by atoms with van der Waals surface area (Å²) < 4.78 is 1.84. The maximum atomic E-state index is 12.9. The molecule has 160 valence electrons. The van der Waals surface area contributed by atoms with Gasteiger partial charge in [-0.05, 0) is 36.6 Å². The molecule has 0 bridgehead atoms. The summed E-state index contributed by atoms with van der Waals surface area (Å²) in [6.45, 7) is 4.11. The van der Waals surface area contributed by atoms with Gasteiger partial charge in [-0.2, -0.15) is 0 Å². The Labute approximate surface area is 179 Å². The summed E-state index contributed by atoms with van der Waals surface area (Å²) in [5.74, 6) is -0.267. The second kappa shape index (κ2) is 8.55. The molecule has 3 N–H and O–H groups in total. The average molecular weight is 420 g/mol. The third-order valence-corrected chi connectivity index (χ3v) is 5.13. The van der Waals surface area contributed by atoms with Crippen LogP contribution in [0.3, 0.4) is 0 Å². The molecule has 0 radical (unpaired) electrons. The van der Waals surface area contributed by atoms with Crippen LogP contribution in [0.15, 0.2) is 48.7 Å². The number of nitrogens with zero attached hydrogens (tertiary/aromatic N) is 3. The van der Waals surface area contributed by atoms with Crippen LogP contribution in [-0.4, -0.2) is 38.4 Å². The summed E-state index contributed by atoms with van der Waals surface area (Å²) in [6, 6.07) is 11.0. The molecule has 1 aliphatic heterocycles. The molecule has 0 saturated heterocycles. The molecule has 1 aliphatic rings. The van der Waals surface area contributed by atoms with Crippen molar-refractivity contribution in [3.8, 4) is 0 Å². The molecule has 1 aromatic carbocycles. The van der Waals surface area contributed by atoms with Gasteiger partial charge in [0, 0.05) is 6.20 Å². The van der Waals surface area contributed by atoms with Crippen LogP contribution >= 0.6 is 0 Å². The van der Waals surface area contributed by atoms with Crippen LogP contribution in [0.4, 0.5) is 5.69 Å². The molecule has 0 saturated carbocycles. The molecule has 9 heteroatoms. The summed E-state index contributed by atoms with van der Waals surface area (Å²) in [7, 11) is 0. The molecule has 3 amide bonds. The lowest BCUT2D eigenvalue weighted by Crippen LogP contribution is -2.45. The Morgan fingerprint density at radius 3 is 2.71 bits per heavy atom. The first kappa shape index (κ1) is 20.5. The minimum Gasteiger partial charge on any atom is -0.346 e. The van der Waals surface area contributed by atoms with E-state index in [0.717, 1.165) is 0 Å². The van der Waals surface area contributed by atoms with Gasteiger partial charge >= 0.3 is 0 Å². The largest absolute Gasteiger partial charge is 0.346 e. The van der Waals surface area contributed by atoms with E-state index in [1.165, 1.54) is 0 Å². The number of hydrogen-bond acceptors (Lipinski definition) is 5. The Kier molecular flexibility index (Phi) is 5.66. The number of para-hydroxylation sites is 1. The van der Waals surface area contributed by atoms with Gasteiger partial charge in [-0.1, -0.05) is 32.0 Å². The van der Waals surface area contributed by atoms with Gasteiger partial charge < -0.3 is 16.0 Å². The zero-order valence-corrected chi connectivity index (χ0v) is 17.3. The van der Waals surface area contributed by atoms with Crippen molar-refractivity contribution in [2.24, 2.45) is 5.92 Å². The summed E-state index contributed by atoms with van der Waals surface area (Å²) >= 11 is 0. The summed E-state index contributed by atoms with van der Waals surface area (Å²) in [5, 5.41) is 16.8. The molecule has 2 atom stereocenters. The lowest BCUT2D eigenvalue weighted by Gasteiger charge is -2.21. The van der Waals surface area contributed by atoms with Crippen molar-refractivity contribution in [1.82, 2.24) is 25.2 Å². The Morgan fingerprint density at radius 1 is 1.13 bits per heavy atom. The van der Waals surface area contributed by atoms with E-state index in [0.29, 0.717) is 29.1 Å². The Balaban J connectivity index is 1.50. The van der Waals surface area contributed by atoms with E-state index >= 15 is 0 Å². The van der Waals surface area contributed by atoms with Gasteiger partial charge in [-0.3, -0.25) is 18.8 Å². The molecule has 9 nitrogen and oxygen atoms in total. The van der Waals surface area contributed by atoms with E-state index < -0.39 is 17.9 Å². The number of hydrogen-bond donors (Lipinski definition) is 3. The standard InChI is InChI=1S/C22H24N6O3/c1-13(2)11-16(20-27-26-18-9-5-6-10-28(18)20)23-19(29)12-17-22(31)24-15-8-4-3-7-14(15)21(30)25-17/h3-10,13,16-17H,11-12H2,1-2H3,(H,23,29)(H,24,31)(H,25,30)/t16?,17-/m0/s1. The van der Waals surface area contributed by atoms with E-state index in [4.69, 9.17) is 0 Å². The van der Waals surface area contributed by atoms with Gasteiger partial charge in [-0.15, -0.1) is 10.2 Å². The number of nitrogens with one attached hydrogen (secondary N) is 3. The lowest BCUT2D eigenvalue weighted by atomic mass is 10.0. The number of anilines is 1. The van der Waals surface area contributed by atoms with Crippen molar-refractivity contribution in [3.63, 3.8) is 0 Å². The number of fused-ring (bicyclic) bond motifs is 2. The number of carbonyl (C=O) groups excluding carboxylic acids is 3. The van der Waals surface area contributed by atoms with Crippen molar-refractivity contribution in [2.45, 2.75) is 38.8 Å². The normalized spacial score (nSPS) is 16.9. The second-order valence-corrected chi connectivity index (χ2v) is 8.00. The third-order valence-electron chi connectivity index (χ3n) is 5.13. The minimum absolute atomic E-state index is 0.184. The Bertz CT molecular complexity index is 1140. The molecule has 3 heterocycles. The molecular weight excluding hydrogens is 396 g/mol. The van der Waals surface area contributed by atoms with Crippen molar-refractivity contribution < 1.29 is 14.4 Å². The summed E-state index contributed by atoms with van der Waals surface area (Å²) in [6.07, 6.45) is 2.31. The zero-order chi connectivity index (χ0) is 22.0. The van der Waals surface area contributed by atoms with Crippen LogP contribution in [0, 0.1) is 5.92 Å². The van der Waals surface area contributed by atoms with Gasteiger partial charge in [0.15, 0.2) is 11.5 Å². The average Bonchev–Trinajstić information content (AvgIpc) is 3.12. The quantitative estimate of drug-likeness (QED) is 0.564. The SMILES string of the molecule is CC(C)CC(NC(=O)C[C@@H]1NC(=O)c2ccccc2NC1=O)c1nnc2ccccn12. The first-order valence-electron chi connectivity index (χ1n) is 10.2. The Hall–Kier alpha value is -3.75. The number of aromatic nitrogens is 3. The highest BCUT2D eigenvalue weighted by atomic mass is 16.2. The van der Waals surface area contributed by atoms with Crippen LogP contribution < -0.4 is 16.0 Å². The predicted octanol–water partition coefficient (Wildman–Crippen LogP) is 2.07. The smallest absolute Gasteiger partial charge is 0.254 e. The molecule has 2 aromatic heterocycles. The van der Waals surface area contributed by atoms with E-state index in [9.17, 15) is 14.4 Å². The molecule has 0 aliphatic carbocycles. The van der Waals surface area contributed by atoms with Crippen LogP contribution in [0.1, 0.15) is 48.9 Å². The van der Waals surface area contributed by atoms with Gasteiger partial charge in [0.25, 0.3) is 5.91 Å². The number of rotatable bonds is 6. The zero-order valence-electron chi connectivity index (χ0n) is 17.3. The highest BCUT2D eigenvalue weighted by Gasteiger charge is 2.30. The van der Waals surface area contributed by atoms with Crippen molar-refractivity contribution in [3.05, 3.63) is 60.0 Å². The number of benzene rings is 1. The highest BCUT2D eigenvalue weighted by Crippen LogP contribution is 2.22. The molecule has 31 heavy (non-hydrogen) atoms. The first-order valence-corrected chi connectivity index (χ1v) is 10.2. The fourth-order valence-corrected chi connectivity index (χ4v) is 3.69. The van der Waals surface area contributed by atoms with Crippen molar-refractivity contribution in [1.29, 1.82) is 0 Å². The third kappa shape index (κ3) is 4.40. The molecule has 0 fully saturated rings. The fraction of sp³-hybridized carbons (Fsp3) is 0.318. The Morgan fingerprint density at radius 2 is 1.90 bits per heavy atom. The van der Waals surface area contributed by atoms with E-state index in [2.05, 4.69) is 40.0 Å². The molecule has 4 rings (SSSR count). The molecular formula is C22H24N6O3. The van der Waals surface area contributed by atoms with Gasteiger partial charge in [0.1, 0.15) is 6.04 Å². The van der Waals surface area contributed by atoms with Crippen molar-refractivity contribution in [2.75, 3.05) is 5.32 Å². The molecule has 0 spiro atoms. The molecule has 3 aromatic rings. The number of carbonyl (C=O) groups is 3. The van der Waals surface area contributed by atoms with Crippen LogP contribution in [0.5, 0.6) is 0 Å². The predicted molar refractivity (Wildman–Crippen MR) is 114 cm³/mol. The van der Waals surface area contributed by atoms with E-state index in [-0.39, 0.29) is 24.3 Å². The van der Waals surface area contributed by atoms with Crippen molar-refractivity contribution >= 4 is 29.1 Å². The maximum Gasteiger partial charge on any atom is 0.254 e. The second-order valence-electron chi connectivity index (χ2n) is 8.00. The van der Waals surface area contributed by atoms with Gasteiger partial charge in [-0.25, -0.2) is 0 Å². The maximum absolute atomic E-state index is 12.9. The minimum atomic E-state index is -0.977. The van der Waals surface area contributed by atoms with Gasteiger partial charge in [0.2, 0.25) is 11.8 Å². The van der Waals surface area contributed by atoms with E-state index in [1.807, 2.05) is 28.8 Å². The number of amides is 3. The van der Waals surface area contributed by atoms with Gasteiger partial charge in [0.05, 0.1) is 23.7 Å². The summed E-state index contributed by atoms with van der Waals surface area (Å²) in [4.78, 5) is 38.0. The molecule has 1 unspecified atom stereocenters. The highest BCUT2D eigenvalue weighted by molar-refractivity contribution is 6.10. The summed E-state index contributed by atoms with van der Waals surface area (Å²) in [5.41, 5.74) is 1.49. The van der Waals surface area contributed by atoms with E-state index in [1.54, 1.807) is 24.3 Å². The first-order chi connectivity index (χ1) is 14.9. The van der Waals surface area contributed by atoms with Crippen LogP contribution in [-0.2, 0) is 9.59 Å².